The van der Waals surface area contributed by atoms with E-state index >= 15 is 0 Å². The number of aryl methyl sites for hydroxylation is 2. The molecular formula is C31H38FN3O4S. The Balaban J connectivity index is 2.07. The van der Waals surface area contributed by atoms with Crippen molar-refractivity contribution < 1.29 is 22.4 Å². The largest absolute Gasteiger partial charge is 0.352 e. The van der Waals surface area contributed by atoms with Gasteiger partial charge in [-0.3, -0.25) is 13.9 Å². The van der Waals surface area contributed by atoms with E-state index in [2.05, 4.69) is 5.32 Å². The second kappa shape index (κ2) is 13.6. The molecular weight excluding hydrogens is 529 g/mol. The number of hydrogen-bond acceptors (Lipinski definition) is 4. The lowest BCUT2D eigenvalue weighted by Gasteiger charge is -2.34. The second-order valence-corrected chi connectivity index (χ2v) is 12.1. The minimum atomic E-state index is -3.85. The fourth-order valence-corrected chi connectivity index (χ4v) is 5.37. The molecule has 0 saturated heterocycles. The van der Waals surface area contributed by atoms with E-state index in [1.165, 1.54) is 17.0 Å². The van der Waals surface area contributed by atoms with Crippen LogP contribution in [0.3, 0.4) is 0 Å². The molecule has 0 spiro atoms. The third-order valence-corrected chi connectivity index (χ3v) is 7.96. The Kier molecular flexibility index (Phi) is 10.5. The first-order valence-electron chi connectivity index (χ1n) is 13.3. The topological polar surface area (TPSA) is 86.8 Å². The molecule has 0 heterocycles. The maximum Gasteiger partial charge on any atom is 0.244 e. The highest BCUT2D eigenvalue weighted by atomic mass is 32.2. The summed E-state index contributed by atoms with van der Waals surface area (Å²) in [5.41, 5.74) is 3.52. The molecule has 0 aliphatic rings. The molecule has 0 bridgehead atoms. The second-order valence-electron chi connectivity index (χ2n) is 10.2. The van der Waals surface area contributed by atoms with Crippen LogP contribution in [0.2, 0.25) is 0 Å². The van der Waals surface area contributed by atoms with Gasteiger partial charge in [-0.1, -0.05) is 67.1 Å². The van der Waals surface area contributed by atoms with Gasteiger partial charge in [-0.25, -0.2) is 12.8 Å². The molecule has 0 aromatic heterocycles. The Hall–Kier alpha value is -3.72. The summed E-state index contributed by atoms with van der Waals surface area (Å²) in [6.45, 7) is 7.03. The van der Waals surface area contributed by atoms with Crippen molar-refractivity contribution >= 4 is 27.5 Å². The smallest absolute Gasteiger partial charge is 0.244 e. The number of nitrogens with one attached hydrogen (secondary N) is 1. The zero-order chi connectivity index (χ0) is 29.4. The molecule has 40 heavy (non-hydrogen) atoms. The van der Waals surface area contributed by atoms with Crippen molar-refractivity contribution in [3.05, 3.63) is 101 Å². The molecule has 214 valence electrons. The van der Waals surface area contributed by atoms with Crippen molar-refractivity contribution in [2.45, 2.75) is 59.2 Å². The first-order valence-corrected chi connectivity index (χ1v) is 15.2. The standard InChI is InChI=1S/C31H38FN3O4S/c1-6-24(4)33-31(37)29(19-25-10-8-7-9-11-25)34(20-26-13-15-27(32)16-14-26)30(36)21-35(40(5,38)39)28-17-12-22(2)18-23(28)3/h7-18,24,29H,6,19-21H2,1-5H3,(H,33,37)/t24-,29-/m1/s1. The molecule has 9 heteroatoms. The predicted molar refractivity (Wildman–Crippen MR) is 157 cm³/mol. The summed E-state index contributed by atoms with van der Waals surface area (Å²) in [5, 5.41) is 2.99. The van der Waals surface area contributed by atoms with Crippen LogP contribution in [-0.2, 0) is 32.6 Å². The van der Waals surface area contributed by atoms with Crippen molar-refractivity contribution in [2.24, 2.45) is 0 Å². The van der Waals surface area contributed by atoms with E-state index < -0.39 is 34.3 Å². The number of benzene rings is 3. The molecule has 0 unspecified atom stereocenters. The zero-order valence-electron chi connectivity index (χ0n) is 23.7. The predicted octanol–water partition coefficient (Wildman–Crippen LogP) is 4.76. The van der Waals surface area contributed by atoms with Gasteiger partial charge in [0.25, 0.3) is 0 Å². The van der Waals surface area contributed by atoms with E-state index in [0.29, 0.717) is 23.2 Å². The lowest BCUT2D eigenvalue weighted by atomic mass is 10.0. The van der Waals surface area contributed by atoms with Gasteiger partial charge in [0.05, 0.1) is 11.9 Å². The van der Waals surface area contributed by atoms with Crippen LogP contribution in [0.1, 0.15) is 42.5 Å². The first kappa shape index (κ1) is 30.8. The van der Waals surface area contributed by atoms with Crippen LogP contribution in [0.4, 0.5) is 10.1 Å². The summed E-state index contributed by atoms with van der Waals surface area (Å²) < 4.78 is 40.6. The van der Waals surface area contributed by atoms with Gasteiger partial charge in [0.15, 0.2) is 0 Å². The Morgan fingerprint density at radius 3 is 2.17 bits per heavy atom. The molecule has 7 nitrogen and oxygen atoms in total. The molecule has 0 aliphatic heterocycles. The van der Waals surface area contributed by atoms with Crippen LogP contribution in [-0.4, -0.2) is 50.0 Å². The molecule has 1 N–H and O–H groups in total. The number of nitrogens with zero attached hydrogens (tertiary/aromatic N) is 2. The molecule has 0 radical (unpaired) electrons. The number of hydrogen-bond donors (Lipinski definition) is 1. The monoisotopic (exact) mass is 567 g/mol. The lowest BCUT2D eigenvalue weighted by Crippen LogP contribution is -2.54. The Morgan fingerprint density at radius 1 is 0.950 bits per heavy atom. The summed E-state index contributed by atoms with van der Waals surface area (Å²) in [6, 6.07) is 19.3. The van der Waals surface area contributed by atoms with Crippen molar-refractivity contribution in [1.29, 1.82) is 0 Å². The molecule has 2 amide bonds. The average molecular weight is 568 g/mol. The van der Waals surface area contributed by atoms with Gasteiger partial charge in [-0.05, 0) is 62.1 Å². The van der Waals surface area contributed by atoms with Gasteiger partial charge in [0, 0.05) is 19.0 Å². The van der Waals surface area contributed by atoms with Gasteiger partial charge in [0.1, 0.15) is 18.4 Å². The normalized spacial score (nSPS) is 12.8. The van der Waals surface area contributed by atoms with E-state index in [4.69, 9.17) is 0 Å². The van der Waals surface area contributed by atoms with Crippen molar-refractivity contribution in [1.82, 2.24) is 10.2 Å². The maximum atomic E-state index is 14.1. The number of amides is 2. The van der Waals surface area contributed by atoms with Crippen LogP contribution >= 0.6 is 0 Å². The third-order valence-electron chi connectivity index (χ3n) is 6.84. The first-order chi connectivity index (χ1) is 18.9. The van der Waals surface area contributed by atoms with Crippen LogP contribution in [0, 0.1) is 19.7 Å². The van der Waals surface area contributed by atoms with Gasteiger partial charge < -0.3 is 10.2 Å². The molecule has 0 saturated carbocycles. The minimum absolute atomic E-state index is 0.00494. The maximum absolute atomic E-state index is 14.1. The number of sulfonamides is 1. The minimum Gasteiger partial charge on any atom is -0.352 e. The SMILES string of the molecule is CC[C@@H](C)NC(=O)[C@@H](Cc1ccccc1)N(Cc1ccc(F)cc1)C(=O)CN(c1ccc(C)cc1C)S(C)(=O)=O. The number of carbonyl (C=O) groups excluding carboxylic acids is 2. The highest BCUT2D eigenvalue weighted by Crippen LogP contribution is 2.25. The van der Waals surface area contributed by atoms with E-state index in [-0.39, 0.29) is 24.9 Å². The van der Waals surface area contributed by atoms with Crippen molar-refractivity contribution in [2.75, 3.05) is 17.1 Å². The van der Waals surface area contributed by atoms with Crippen LogP contribution in [0.15, 0.2) is 72.8 Å². The Labute approximate surface area is 237 Å². The fraction of sp³-hybridized carbons (Fsp3) is 0.355. The Bertz CT molecular complexity index is 1410. The molecule has 0 fully saturated rings. The van der Waals surface area contributed by atoms with Crippen molar-refractivity contribution in [3.8, 4) is 0 Å². The van der Waals surface area contributed by atoms with Crippen molar-refractivity contribution in [3.63, 3.8) is 0 Å². The summed E-state index contributed by atoms with van der Waals surface area (Å²) in [7, 11) is -3.85. The summed E-state index contributed by atoms with van der Waals surface area (Å²) >= 11 is 0. The van der Waals surface area contributed by atoms with Crippen LogP contribution < -0.4 is 9.62 Å². The number of halogens is 1. The van der Waals surface area contributed by atoms with Crippen LogP contribution in [0.25, 0.3) is 0 Å². The Morgan fingerprint density at radius 2 is 1.60 bits per heavy atom. The van der Waals surface area contributed by atoms with Crippen LogP contribution in [0.5, 0.6) is 0 Å². The highest BCUT2D eigenvalue weighted by molar-refractivity contribution is 7.92. The zero-order valence-corrected chi connectivity index (χ0v) is 24.5. The number of carbonyl (C=O) groups is 2. The van der Waals surface area contributed by atoms with E-state index in [1.807, 2.05) is 57.2 Å². The summed E-state index contributed by atoms with van der Waals surface area (Å²) in [6.07, 6.45) is 1.98. The molecule has 3 aromatic carbocycles. The van der Waals surface area contributed by atoms with Gasteiger partial charge >= 0.3 is 0 Å². The van der Waals surface area contributed by atoms with E-state index in [1.54, 1.807) is 31.2 Å². The summed E-state index contributed by atoms with van der Waals surface area (Å²) in [5.74, 6) is -1.31. The highest BCUT2D eigenvalue weighted by Gasteiger charge is 2.33. The molecule has 0 aliphatic carbocycles. The quantitative estimate of drug-likeness (QED) is 0.342. The number of anilines is 1. The molecule has 2 atom stereocenters. The molecule has 3 rings (SSSR count). The number of rotatable bonds is 12. The third kappa shape index (κ3) is 8.39. The average Bonchev–Trinajstić information content (AvgIpc) is 2.90. The van der Waals surface area contributed by atoms with Gasteiger partial charge in [0.2, 0.25) is 21.8 Å². The van der Waals surface area contributed by atoms with Gasteiger partial charge in [-0.2, -0.15) is 0 Å². The molecule has 3 aromatic rings. The fourth-order valence-electron chi connectivity index (χ4n) is 4.46. The van der Waals surface area contributed by atoms with Gasteiger partial charge in [-0.15, -0.1) is 0 Å². The van der Waals surface area contributed by atoms with E-state index in [0.717, 1.165) is 21.7 Å². The van der Waals surface area contributed by atoms with E-state index in [9.17, 15) is 22.4 Å². The lowest BCUT2D eigenvalue weighted by molar-refractivity contribution is -0.140. The summed E-state index contributed by atoms with van der Waals surface area (Å²) in [4.78, 5) is 29.1.